The van der Waals surface area contributed by atoms with Crippen molar-refractivity contribution in [3.05, 3.63) is 83.2 Å². The second-order valence-electron chi connectivity index (χ2n) is 15.6. The molecule has 5 aromatic rings. The molecule has 3 N–H and O–H groups in total. The first-order valence-electron chi connectivity index (χ1n) is 19.7. The van der Waals surface area contributed by atoms with Gasteiger partial charge in [-0.1, -0.05) is 12.1 Å². The van der Waals surface area contributed by atoms with Crippen molar-refractivity contribution >= 4 is 85.7 Å². The molecule has 16 heteroatoms. The Hall–Kier alpha value is -5.11. The Labute approximate surface area is 346 Å². The quantitative estimate of drug-likeness (QED) is 0.0980. The first kappa shape index (κ1) is 39.7. The third-order valence-corrected chi connectivity index (χ3v) is 13.5. The predicted molar refractivity (Wildman–Crippen MR) is 233 cm³/mol. The lowest BCUT2D eigenvalue weighted by atomic mass is 9.90. The number of ether oxygens (including phenoxy) is 1. The van der Waals surface area contributed by atoms with E-state index in [-0.39, 0.29) is 17.7 Å². The molecule has 0 spiro atoms. The summed E-state index contributed by atoms with van der Waals surface area (Å²) >= 11 is 3.57. The number of halogens is 1. The van der Waals surface area contributed by atoms with E-state index in [1.807, 2.05) is 30.3 Å². The summed E-state index contributed by atoms with van der Waals surface area (Å²) in [4.78, 5) is 49.5. The highest BCUT2D eigenvalue weighted by Gasteiger charge is 2.29. The van der Waals surface area contributed by atoms with Crippen LogP contribution in [0.15, 0.2) is 77.7 Å². The van der Waals surface area contributed by atoms with Crippen molar-refractivity contribution in [2.24, 2.45) is 5.92 Å². The number of imide groups is 1. The van der Waals surface area contributed by atoms with Crippen LogP contribution in [0.1, 0.15) is 37.2 Å². The number of nitrogens with one attached hydrogen (secondary N) is 3. The minimum Gasteiger partial charge on any atom is -0.494 e. The number of piperazine rings is 1. The topological polar surface area (TPSA) is 158 Å². The smallest absolute Gasteiger partial charge is 0.234 e. The van der Waals surface area contributed by atoms with Gasteiger partial charge in [0, 0.05) is 88.3 Å². The minimum absolute atomic E-state index is 0.181. The van der Waals surface area contributed by atoms with Gasteiger partial charge in [0.05, 0.1) is 39.7 Å². The molecular formula is C42H48BrN10O4P. The van der Waals surface area contributed by atoms with Crippen LogP contribution in [0, 0.1) is 5.92 Å². The number of amides is 2. The number of carbonyl (C=O) groups is 2. The molecule has 3 aliphatic heterocycles. The number of aromatic nitrogens is 4. The number of hydrogen-bond donors (Lipinski definition) is 3. The summed E-state index contributed by atoms with van der Waals surface area (Å²) in [6.07, 6.45) is 8.17. The number of anilines is 6. The van der Waals surface area contributed by atoms with Gasteiger partial charge in [0.1, 0.15) is 24.2 Å². The molecule has 0 aliphatic carbocycles. The zero-order chi connectivity index (χ0) is 40.4. The molecule has 0 saturated carbocycles. The summed E-state index contributed by atoms with van der Waals surface area (Å²) < 4.78 is 19.9. The van der Waals surface area contributed by atoms with Gasteiger partial charge in [0.25, 0.3) is 0 Å². The monoisotopic (exact) mass is 866 g/mol. The number of hydrogen-bond acceptors (Lipinski definition) is 13. The first-order chi connectivity index (χ1) is 28.0. The predicted octanol–water partition coefficient (Wildman–Crippen LogP) is 6.48. The van der Waals surface area contributed by atoms with E-state index in [1.54, 1.807) is 39.0 Å². The maximum atomic E-state index is 13.4. The molecule has 1 unspecified atom stereocenters. The Kier molecular flexibility index (Phi) is 11.6. The van der Waals surface area contributed by atoms with Crippen LogP contribution in [0.4, 0.5) is 34.5 Å². The largest absolute Gasteiger partial charge is 0.494 e. The summed E-state index contributed by atoms with van der Waals surface area (Å²) in [7, 11) is -1.09. The van der Waals surface area contributed by atoms with Crippen molar-refractivity contribution in [1.29, 1.82) is 0 Å². The summed E-state index contributed by atoms with van der Waals surface area (Å²) in [5.41, 5.74) is 5.94. The van der Waals surface area contributed by atoms with Gasteiger partial charge >= 0.3 is 0 Å². The minimum atomic E-state index is -2.76. The van der Waals surface area contributed by atoms with Crippen LogP contribution in [0.5, 0.6) is 5.75 Å². The maximum Gasteiger partial charge on any atom is 0.234 e. The standard InChI is InChI=1S/C42H48BrN10O4P/c1-57-36-24-30(8-10-33(36)48-42-46-25-32(43)40(50-42)47-35-12-11-34-38(45-17-16-44-34)39(35)58(2,3)56)53-22-20-51(21-23-53)26-27-14-18-52(19-15-27)29-6-4-28(5-7-29)31-9-13-37(54)49-41(31)55/h4-8,10-12,16-17,24-25,27,31H,9,13-15,18-23,26H2,1-3H3,(H,49,54,55)(H2,46,47,48,50). The molecule has 3 fully saturated rings. The van der Waals surface area contributed by atoms with Gasteiger partial charge in [0.2, 0.25) is 17.8 Å². The Morgan fingerprint density at radius 2 is 1.55 bits per heavy atom. The molecule has 1 atom stereocenters. The average Bonchev–Trinajstić information content (AvgIpc) is 3.22. The summed E-state index contributed by atoms with van der Waals surface area (Å²) in [6, 6.07) is 18.2. The molecule has 14 nitrogen and oxygen atoms in total. The van der Waals surface area contributed by atoms with Crippen molar-refractivity contribution in [1.82, 2.24) is 30.2 Å². The van der Waals surface area contributed by atoms with Crippen LogP contribution in [0.3, 0.4) is 0 Å². The van der Waals surface area contributed by atoms with Crippen molar-refractivity contribution in [2.75, 3.05) is 86.7 Å². The fourth-order valence-electron chi connectivity index (χ4n) is 8.27. The van der Waals surface area contributed by atoms with Crippen molar-refractivity contribution < 1.29 is 18.9 Å². The Balaban J connectivity index is 0.845. The number of fused-ring (bicyclic) bond motifs is 1. The van der Waals surface area contributed by atoms with Crippen LogP contribution < -0.4 is 35.8 Å². The van der Waals surface area contributed by atoms with E-state index >= 15 is 0 Å². The van der Waals surface area contributed by atoms with Gasteiger partial charge in [-0.05, 0) is 96.4 Å². The number of benzene rings is 3. The number of carbonyl (C=O) groups excluding carboxylic acids is 2. The second-order valence-corrected chi connectivity index (χ2v) is 19.6. The zero-order valence-corrected chi connectivity index (χ0v) is 35.4. The normalized spacial score (nSPS) is 18.3. The molecule has 3 aromatic carbocycles. The van der Waals surface area contributed by atoms with E-state index in [0.717, 1.165) is 75.6 Å². The molecule has 5 heterocycles. The number of methoxy groups -OCH3 is 1. The zero-order valence-electron chi connectivity index (χ0n) is 32.9. The van der Waals surface area contributed by atoms with Gasteiger partial charge in [-0.3, -0.25) is 29.8 Å². The van der Waals surface area contributed by atoms with Gasteiger partial charge in [0.15, 0.2) is 0 Å². The summed E-state index contributed by atoms with van der Waals surface area (Å²) in [6.45, 7) is 10.5. The molecule has 2 aromatic heterocycles. The van der Waals surface area contributed by atoms with Gasteiger partial charge in [-0.15, -0.1) is 0 Å². The lowest BCUT2D eigenvalue weighted by Gasteiger charge is -2.40. The highest BCUT2D eigenvalue weighted by Crippen LogP contribution is 2.41. The van der Waals surface area contributed by atoms with Crippen LogP contribution in [-0.4, -0.2) is 103 Å². The van der Waals surface area contributed by atoms with E-state index in [1.165, 1.54) is 5.69 Å². The summed E-state index contributed by atoms with van der Waals surface area (Å²) in [5, 5.41) is 9.77. The highest BCUT2D eigenvalue weighted by molar-refractivity contribution is 9.10. The fourth-order valence-corrected chi connectivity index (χ4v) is 9.95. The van der Waals surface area contributed by atoms with Crippen molar-refractivity contribution in [3.63, 3.8) is 0 Å². The van der Waals surface area contributed by atoms with Crippen LogP contribution in [-0.2, 0) is 14.2 Å². The highest BCUT2D eigenvalue weighted by atomic mass is 79.9. The third-order valence-electron chi connectivity index (χ3n) is 11.3. The lowest BCUT2D eigenvalue weighted by Crippen LogP contribution is -2.49. The maximum absolute atomic E-state index is 13.4. The Bertz CT molecular complexity index is 2360. The van der Waals surface area contributed by atoms with Gasteiger partial charge in [-0.25, -0.2) is 4.98 Å². The van der Waals surface area contributed by atoms with Gasteiger partial charge < -0.3 is 29.7 Å². The SMILES string of the molecule is COc1cc(N2CCN(CC3CCN(c4ccc(C5CCC(=O)NC5=O)cc4)CC3)CC2)ccc1Nc1ncc(Br)c(Nc2ccc3nccnc3c2P(C)(C)=O)n1. The second kappa shape index (κ2) is 17.0. The molecule has 0 bridgehead atoms. The third kappa shape index (κ3) is 8.81. The van der Waals surface area contributed by atoms with E-state index in [9.17, 15) is 14.2 Å². The van der Waals surface area contributed by atoms with Crippen LogP contribution in [0.25, 0.3) is 11.0 Å². The molecule has 302 valence electrons. The van der Waals surface area contributed by atoms with Gasteiger partial charge in [-0.2, -0.15) is 4.98 Å². The van der Waals surface area contributed by atoms with E-state index in [4.69, 9.17) is 9.72 Å². The van der Waals surface area contributed by atoms with Crippen molar-refractivity contribution in [2.45, 2.75) is 31.6 Å². The number of rotatable bonds is 11. The van der Waals surface area contributed by atoms with E-state index < -0.39 is 7.14 Å². The van der Waals surface area contributed by atoms with Crippen LogP contribution in [0.2, 0.25) is 0 Å². The summed E-state index contributed by atoms with van der Waals surface area (Å²) in [5.74, 6) is 1.61. The number of nitrogens with zero attached hydrogens (tertiary/aromatic N) is 7. The number of piperidine rings is 2. The molecule has 0 radical (unpaired) electrons. The first-order valence-corrected chi connectivity index (χ1v) is 23.1. The molecule has 58 heavy (non-hydrogen) atoms. The average molecular weight is 868 g/mol. The molecule has 3 saturated heterocycles. The Morgan fingerprint density at radius 3 is 2.28 bits per heavy atom. The Morgan fingerprint density at radius 1 is 0.845 bits per heavy atom. The molecular weight excluding hydrogens is 819 g/mol. The molecule has 8 rings (SSSR count). The van der Waals surface area contributed by atoms with E-state index in [0.29, 0.717) is 62.8 Å². The van der Waals surface area contributed by atoms with Crippen LogP contribution >= 0.6 is 23.1 Å². The lowest BCUT2D eigenvalue weighted by molar-refractivity contribution is -0.134. The molecule has 3 aliphatic rings. The van der Waals surface area contributed by atoms with E-state index in [2.05, 4.69) is 85.8 Å². The molecule has 2 amide bonds. The fraction of sp³-hybridized carbons (Fsp3) is 0.381. The van der Waals surface area contributed by atoms with Crippen molar-refractivity contribution in [3.8, 4) is 5.75 Å².